The predicted octanol–water partition coefficient (Wildman–Crippen LogP) is 0.401. The van der Waals surface area contributed by atoms with Gasteiger partial charge in [-0.15, -0.1) is 0 Å². The van der Waals surface area contributed by atoms with Gasteiger partial charge in [0.25, 0.3) is 5.91 Å². The lowest BCUT2D eigenvalue weighted by molar-refractivity contribution is -0.140. The summed E-state index contributed by atoms with van der Waals surface area (Å²) in [5.74, 6) is -0.594. The van der Waals surface area contributed by atoms with Gasteiger partial charge in [-0.2, -0.15) is 0 Å². The highest BCUT2D eigenvalue weighted by atomic mass is 16.7. The molecule has 0 aliphatic carbocycles. The molecular weight excluding hydrogens is 308 g/mol. The Balaban J connectivity index is 1.94. The number of carbonyl (C=O) groups is 3. The summed E-state index contributed by atoms with van der Waals surface area (Å²) in [6.07, 6.45) is 1.39. The van der Waals surface area contributed by atoms with Gasteiger partial charge in [-0.05, 0) is 12.1 Å². The van der Waals surface area contributed by atoms with Gasteiger partial charge in [-0.3, -0.25) is 9.59 Å². The fourth-order valence-electron chi connectivity index (χ4n) is 2.23. The molecule has 2 heterocycles. The van der Waals surface area contributed by atoms with E-state index in [2.05, 4.69) is 5.32 Å². The summed E-state index contributed by atoms with van der Waals surface area (Å²) in [5.41, 5.74) is 0.436. The molecule has 3 rings (SSSR count). The van der Waals surface area contributed by atoms with Crippen molar-refractivity contribution >= 4 is 24.0 Å². The number of benzene rings is 1. The highest BCUT2D eigenvalue weighted by Gasteiger charge is 2.35. The van der Waals surface area contributed by atoms with Gasteiger partial charge in [0.05, 0.1) is 7.11 Å². The fraction of sp³-hybridized carbons (Fsp3) is 0.214. The highest BCUT2D eigenvalue weighted by Crippen LogP contribution is 2.39. The Kier molecular flexibility index (Phi) is 3.53. The van der Waals surface area contributed by atoms with E-state index in [4.69, 9.17) is 19.3 Å². The number of aliphatic carboxylic acids is 1. The van der Waals surface area contributed by atoms with Crippen LogP contribution in [0.2, 0.25) is 0 Å². The van der Waals surface area contributed by atoms with E-state index in [0.29, 0.717) is 27.7 Å². The molecule has 0 saturated carbocycles. The molecule has 23 heavy (non-hydrogen) atoms. The number of nitrogens with one attached hydrogen (secondary N) is 1. The summed E-state index contributed by atoms with van der Waals surface area (Å²) in [7, 11) is 1.45. The van der Waals surface area contributed by atoms with E-state index in [0.717, 1.165) is 0 Å². The van der Waals surface area contributed by atoms with Crippen molar-refractivity contribution in [3.05, 3.63) is 23.4 Å². The molecule has 2 aliphatic rings. The SMILES string of the molecule is COc1cc2c(cc1/C=C1/NC(=O)N(CC(=O)O)C1=O)OCO2. The quantitative estimate of drug-likeness (QED) is 0.609. The number of imide groups is 1. The first-order valence-corrected chi connectivity index (χ1v) is 6.53. The third-order valence-electron chi connectivity index (χ3n) is 3.28. The molecule has 0 spiro atoms. The zero-order chi connectivity index (χ0) is 16.6. The largest absolute Gasteiger partial charge is 0.496 e. The number of hydrogen-bond donors (Lipinski definition) is 2. The maximum Gasteiger partial charge on any atom is 0.329 e. The molecular formula is C14H12N2O7. The second-order valence-electron chi connectivity index (χ2n) is 4.72. The van der Waals surface area contributed by atoms with Crippen LogP contribution in [-0.2, 0) is 9.59 Å². The Morgan fingerprint density at radius 2 is 2.09 bits per heavy atom. The van der Waals surface area contributed by atoms with Crippen LogP contribution in [0, 0.1) is 0 Å². The first-order valence-electron chi connectivity index (χ1n) is 6.53. The third-order valence-corrected chi connectivity index (χ3v) is 3.28. The number of amides is 3. The van der Waals surface area contributed by atoms with Crippen LogP contribution >= 0.6 is 0 Å². The lowest BCUT2D eigenvalue weighted by atomic mass is 10.1. The molecule has 0 atom stereocenters. The Morgan fingerprint density at radius 3 is 2.74 bits per heavy atom. The summed E-state index contributed by atoms with van der Waals surface area (Å²) in [4.78, 5) is 35.1. The lowest BCUT2D eigenvalue weighted by Gasteiger charge is -2.08. The monoisotopic (exact) mass is 320 g/mol. The zero-order valence-corrected chi connectivity index (χ0v) is 12.0. The number of carboxylic acid groups (broad SMARTS) is 1. The van der Waals surface area contributed by atoms with Gasteiger partial charge in [-0.25, -0.2) is 9.69 Å². The number of methoxy groups -OCH3 is 1. The third kappa shape index (κ3) is 2.63. The van der Waals surface area contributed by atoms with Crippen LogP contribution in [0.3, 0.4) is 0 Å². The minimum absolute atomic E-state index is 0.0478. The smallest absolute Gasteiger partial charge is 0.329 e. The molecule has 0 unspecified atom stereocenters. The van der Waals surface area contributed by atoms with E-state index in [9.17, 15) is 14.4 Å². The van der Waals surface area contributed by atoms with Crippen LogP contribution in [-0.4, -0.2) is 48.4 Å². The number of hydrogen-bond acceptors (Lipinski definition) is 6. The van der Waals surface area contributed by atoms with Crippen molar-refractivity contribution in [2.24, 2.45) is 0 Å². The summed E-state index contributed by atoms with van der Waals surface area (Å²) >= 11 is 0. The van der Waals surface area contributed by atoms with E-state index in [-0.39, 0.29) is 12.5 Å². The standard InChI is InChI=1S/C14H12N2O7/c1-21-9-4-11-10(22-6-23-11)3-7(9)2-8-13(19)16(5-12(17)18)14(20)15-8/h2-4H,5-6H2,1H3,(H,15,20)(H,17,18)/b8-2+. The van der Waals surface area contributed by atoms with Gasteiger partial charge in [0.2, 0.25) is 6.79 Å². The molecule has 2 aliphatic heterocycles. The molecule has 2 N–H and O–H groups in total. The first-order chi connectivity index (χ1) is 11.0. The molecule has 0 radical (unpaired) electrons. The second-order valence-corrected chi connectivity index (χ2v) is 4.72. The number of carbonyl (C=O) groups excluding carboxylic acids is 2. The van der Waals surface area contributed by atoms with Crippen LogP contribution in [0.1, 0.15) is 5.56 Å². The van der Waals surface area contributed by atoms with E-state index >= 15 is 0 Å². The maximum absolute atomic E-state index is 12.1. The average Bonchev–Trinajstić information content (AvgIpc) is 3.06. The molecule has 1 aromatic carbocycles. The molecule has 0 bridgehead atoms. The van der Waals surface area contributed by atoms with Crippen LogP contribution in [0.25, 0.3) is 6.08 Å². The van der Waals surface area contributed by atoms with Crippen molar-refractivity contribution in [3.8, 4) is 17.2 Å². The van der Waals surface area contributed by atoms with Crippen molar-refractivity contribution in [1.29, 1.82) is 0 Å². The molecule has 0 aromatic heterocycles. The van der Waals surface area contributed by atoms with Crippen LogP contribution in [0.5, 0.6) is 17.2 Å². The number of carboxylic acids is 1. The van der Waals surface area contributed by atoms with E-state index < -0.39 is 24.5 Å². The maximum atomic E-state index is 12.1. The van der Waals surface area contributed by atoms with Gasteiger partial charge in [0.15, 0.2) is 11.5 Å². The molecule has 1 aromatic rings. The molecule has 9 nitrogen and oxygen atoms in total. The van der Waals surface area contributed by atoms with Gasteiger partial charge >= 0.3 is 12.0 Å². The van der Waals surface area contributed by atoms with Crippen molar-refractivity contribution < 1.29 is 33.7 Å². The van der Waals surface area contributed by atoms with Crippen molar-refractivity contribution in [3.63, 3.8) is 0 Å². The summed E-state index contributed by atoms with van der Waals surface area (Å²) < 4.78 is 15.7. The summed E-state index contributed by atoms with van der Waals surface area (Å²) in [6, 6.07) is 2.42. The van der Waals surface area contributed by atoms with Crippen molar-refractivity contribution in [2.75, 3.05) is 20.4 Å². The average molecular weight is 320 g/mol. The van der Waals surface area contributed by atoms with Gasteiger partial charge in [0.1, 0.15) is 18.0 Å². The Labute approximate surface area is 130 Å². The van der Waals surface area contributed by atoms with E-state index in [1.165, 1.54) is 13.2 Å². The second kappa shape index (κ2) is 5.52. The van der Waals surface area contributed by atoms with Crippen molar-refractivity contribution in [2.45, 2.75) is 0 Å². The van der Waals surface area contributed by atoms with Crippen LogP contribution in [0.15, 0.2) is 17.8 Å². The lowest BCUT2D eigenvalue weighted by Crippen LogP contribution is -2.35. The molecule has 1 fully saturated rings. The number of ether oxygens (including phenoxy) is 3. The summed E-state index contributed by atoms with van der Waals surface area (Å²) in [5, 5.41) is 11.1. The molecule has 1 saturated heterocycles. The van der Waals surface area contributed by atoms with E-state index in [1.807, 2.05) is 0 Å². The van der Waals surface area contributed by atoms with E-state index in [1.54, 1.807) is 12.1 Å². The molecule has 3 amide bonds. The van der Waals surface area contributed by atoms with Gasteiger partial charge < -0.3 is 24.6 Å². The minimum atomic E-state index is -1.28. The fourth-order valence-corrected chi connectivity index (χ4v) is 2.23. The number of fused-ring (bicyclic) bond motifs is 1. The molecule has 9 heteroatoms. The van der Waals surface area contributed by atoms with Gasteiger partial charge in [0, 0.05) is 11.6 Å². The van der Waals surface area contributed by atoms with Crippen LogP contribution in [0.4, 0.5) is 4.79 Å². The number of rotatable bonds is 4. The Hall–Kier alpha value is -3.23. The summed E-state index contributed by atoms with van der Waals surface area (Å²) in [6.45, 7) is -0.624. The van der Waals surface area contributed by atoms with Crippen molar-refractivity contribution in [1.82, 2.24) is 10.2 Å². The Morgan fingerprint density at radius 1 is 1.39 bits per heavy atom. The highest BCUT2D eigenvalue weighted by molar-refractivity contribution is 6.15. The van der Waals surface area contributed by atoms with Gasteiger partial charge in [-0.1, -0.05) is 0 Å². The molecule has 120 valence electrons. The first kappa shape index (κ1) is 14.7. The van der Waals surface area contributed by atoms with Crippen LogP contribution < -0.4 is 19.5 Å². The normalized spacial score (nSPS) is 17.6. The number of nitrogens with zero attached hydrogens (tertiary/aromatic N) is 1. The zero-order valence-electron chi connectivity index (χ0n) is 12.0. The minimum Gasteiger partial charge on any atom is -0.496 e. The predicted molar refractivity (Wildman–Crippen MR) is 75.0 cm³/mol. The Bertz CT molecular complexity index is 741. The number of urea groups is 1. The topological polar surface area (TPSA) is 114 Å².